The number of methoxy groups -OCH3 is 1. The Morgan fingerprint density at radius 1 is 1.33 bits per heavy atom. The summed E-state index contributed by atoms with van der Waals surface area (Å²) in [5.74, 6) is -0.0235. The van der Waals surface area contributed by atoms with Gasteiger partial charge in [0.15, 0.2) is 0 Å². The van der Waals surface area contributed by atoms with Crippen molar-refractivity contribution >= 4 is 12.0 Å². The van der Waals surface area contributed by atoms with Crippen LogP contribution in [0.5, 0.6) is 0 Å². The zero-order chi connectivity index (χ0) is 15.8. The standard InChI is InChI=1S/C15H28N2O4/c1-11(2)12-6-4-5-7-13(12)16-15(20)17(8-9-21-3)10-14(18)19/h11-13H,4-10H2,1-3H3,(H,16,20)(H,18,19). The van der Waals surface area contributed by atoms with Gasteiger partial charge in [0.1, 0.15) is 6.54 Å². The van der Waals surface area contributed by atoms with Crippen LogP contribution in [-0.4, -0.2) is 54.9 Å². The fraction of sp³-hybridized carbons (Fsp3) is 0.867. The Morgan fingerprint density at radius 2 is 2.00 bits per heavy atom. The quantitative estimate of drug-likeness (QED) is 0.753. The SMILES string of the molecule is COCCN(CC(=O)O)C(=O)NC1CCCCC1C(C)C. The van der Waals surface area contributed by atoms with E-state index in [0.717, 1.165) is 19.3 Å². The fourth-order valence-corrected chi connectivity index (χ4v) is 3.00. The molecule has 0 heterocycles. The van der Waals surface area contributed by atoms with Crippen LogP contribution in [0.25, 0.3) is 0 Å². The van der Waals surface area contributed by atoms with Gasteiger partial charge in [-0.1, -0.05) is 26.7 Å². The van der Waals surface area contributed by atoms with Crippen LogP contribution in [0, 0.1) is 11.8 Å². The Bertz CT molecular complexity index is 347. The molecule has 0 aliphatic heterocycles. The third-order valence-corrected chi connectivity index (χ3v) is 4.16. The van der Waals surface area contributed by atoms with E-state index in [4.69, 9.17) is 9.84 Å². The number of urea groups is 1. The van der Waals surface area contributed by atoms with Gasteiger partial charge >= 0.3 is 12.0 Å². The Hall–Kier alpha value is -1.30. The molecule has 0 radical (unpaired) electrons. The number of ether oxygens (including phenoxy) is 1. The van der Waals surface area contributed by atoms with Crippen molar-refractivity contribution in [2.45, 2.75) is 45.6 Å². The van der Waals surface area contributed by atoms with Gasteiger partial charge < -0.3 is 20.1 Å². The number of aliphatic carboxylic acids is 1. The lowest BCUT2D eigenvalue weighted by Gasteiger charge is -2.36. The van der Waals surface area contributed by atoms with E-state index in [9.17, 15) is 9.59 Å². The maximum atomic E-state index is 12.3. The van der Waals surface area contributed by atoms with E-state index in [1.807, 2.05) is 0 Å². The first kappa shape index (κ1) is 17.8. The molecule has 0 aromatic rings. The van der Waals surface area contributed by atoms with Gasteiger partial charge in [-0.15, -0.1) is 0 Å². The third-order valence-electron chi connectivity index (χ3n) is 4.16. The van der Waals surface area contributed by atoms with Crippen LogP contribution in [0.4, 0.5) is 4.79 Å². The summed E-state index contributed by atoms with van der Waals surface area (Å²) >= 11 is 0. The number of carboxylic acid groups (broad SMARTS) is 1. The summed E-state index contributed by atoms with van der Waals surface area (Å²) in [5, 5.41) is 11.9. The Labute approximate surface area is 126 Å². The van der Waals surface area contributed by atoms with Crippen LogP contribution in [0.2, 0.25) is 0 Å². The first-order chi connectivity index (χ1) is 9.95. The number of nitrogens with one attached hydrogen (secondary N) is 1. The van der Waals surface area contributed by atoms with Crippen molar-refractivity contribution in [3.8, 4) is 0 Å². The normalized spacial score (nSPS) is 22.1. The van der Waals surface area contributed by atoms with Crippen molar-refractivity contribution in [3.63, 3.8) is 0 Å². The van der Waals surface area contributed by atoms with Crippen LogP contribution in [0.3, 0.4) is 0 Å². The minimum absolute atomic E-state index is 0.144. The molecule has 6 nitrogen and oxygen atoms in total. The molecule has 1 aliphatic rings. The summed E-state index contributed by atoms with van der Waals surface area (Å²) in [6.07, 6.45) is 4.42. The molecule has 0 aromatic heterocycles. The molecule has 2 unspecified atom stereocenters. The lowest BCUT2D eigenvalue weighted by molar-refractivity contribution is -0.137. The zero-order valence-corrected chi connectivity index (χ0v) is 13.3. The summed E-state index contributed by atoms with van der Waals surface area (Å²) in [6, 6.07) is -0.155. The lowest BCUT2D eigenvalue weighted by atomic mass is 9.78. The Morgan fingerprint density at radius 3 is 2.57 bits per heavy atom. The van der Waals surface area contributed by atoms with E-state index in [1.165, 1.54) is 18.4 Å². The van der Waals surface area contributed by atoms with Crippen molar-refractivity contribution in [1.29, 1.82) is 0 Å². The van der Waals surface area contributed by atoms with E-state index in [2.05, 4.69) is 19.2 Å². The molecule has 0 saturated heterocycles. The number of nitrogens with zero attached hydrogens (tertiary/aromatic N) is 1. The summed E-state index contributed by atoms with van der Waals surface area (Å²) in [4.78, 5) is 24.5. The average molecular weight is 300 g/mol. The van der Waals surface area contributed by atoms with E-state index in [-0.39, 0.29) is 25.2 Å². The van der Waals surface area contributed by atoms with Crippen LogP contribution in [0.1, 0.15) is 39.5 Å². The molecule has 1 fully saturated rings. The first-order valence-electron chi connectivity index (χ1n) is 7.71. The molecular weight excluding hydrogens is 272 g/mol. The van der Waals surface area contributed by atoms with Crippen molar-refractivity contribution in [2.24, 2.45) is 11.8 Å². The predicted molar refractivity (Wildman–Crippen MR) is 80.2 cm³/mol. The molecule has 122 valence electrons. The largest absolute Gasteiger partial charge is 0.480 e. The van der Waals surface area contributed by atoms with Gasteiger partial charge in [0, 0.05) is 19.7 Å². The summed E-state index contributed by atoms with van der Waals surface area (Å²) < 4.78 is 4.94. The second-order valence-corrected chi connectivity index (χ2v) is 6.06. The highest BCUT2D eigenvalue weighted by Crippen LogP contribution is 2.30. The van der Waals surface area contributed by atoms with Crippen LogP contribution in [0.15, 0.2) is 0 Å². The maximum Gasteiger partial charge on any atom is 0.323 e. The zero-order valence-electron chi connectivity index (χ0n) is 13.3. The van der Waals surface area contributed by atoms with E-state index >= 15 is 0 Å². The smallest absolute Gasteiger partial charge is 0.323 e. The number of rotatable bonds is 7. The fourth-order valence-electron chi connectivity index (χ4n) is 3.00. The van der Waals surface area contributed by atoms with Gasteiger partial charge in [-0.3, -0.25) is 4.79 Å². The molecule has 1 rings (SSSR count). The monoisotopic (exact) mass is 300 g/mol. The Balaban J connectivity index is 2.62. The maximum absolute atomic E-state index is 12.3. The second-order valence-electron chi connectivity index (χ2n) is 6.06. The molecular formula is C15H28N2O4. The minimum atomic E-state index is -1.01. The van der Waals surface area contributed by atoms with E-state index in [1.54, 1.807) is 0 Å². The minimum Gasteiger partial charge on any atom is -0.480 e. The Kier molecular flexibility index (Phi) is 7.50. The highest BCUT2D eigenvalue weighted by Gasteiger charge is 2.30. The van der Waals surface area contributed by atoms with Crippen molar-refractivity contribution < 1.29 is 19.4 Å². The molecule has 1 saturated carbocycles. The molecule has 2 N–H and O–H groups in total. The highest BCUT2D eigenvalue weighted by molar-refractivity contribution is 5.80. The van der Waals surface area contributed by atoms with Crippen LogP contribution >= 0.6 is 0 Å². The average Bonchev–Trinajstić information content (AvgIpc) is 2.43. The van der Waals surface area contributed by atoms with Crippen molar-refractivity contribution in [1.82, 2.24) is 10.2 Å². The molecule has 6 heteroatoms. The van der Waals surface area contributed by atoms with Gasteiger partial charge in [0.25, 0.3) is 0 Å². The van der Waals surface area contributed by atoms with Gasteiger partial charge in [0.05, 0.1) is 6.61 Å². The van der Waals surface area contributed by atoms with Gasteiger partial charge in [-0.25, -0.2) is 4.79 Å². The number of carbonyl (C=O) groups excluding carboxylic acids is 1. The highest BCUT2D eigenvalue weighted by atomic mass is 16.5. The molecule has 2 atom stereocenters. The van der Waals surface area contributed by atoms with Crippen LogP contribution in [-0.2, 0) is 9.53 Å². The number of hydrogen-bond acceptors (Lipinski definition) is 3. The number of hydrogen-bond donors (Lipinski definition) is 2. The van der Waals surface area contributed by atoms with Crippen molar-refractivity contribution in [3.05, 3.63) is 0 Å². The van der Waals surface area contributed by atoms with Crippen LogP contribution < -0.4 is 5.32 Å². The summed E-state index contributed by atoms with van der Waals surface area (Å²) in [5.41, 5.74) is 0. The molecule has 0 spiro atoms. The molecule has 0 bridgehead atoms. The first-order valence-corrected chi connectivity index (χ1v) is 7.71. The van der Waals surface area contributed by atoms with Crippen molar-refractivity contribution in [2.75, 3.05) is 26.8 Å². The molecule has 2 amide bonds. The summed E-state index contributed by atoms with van der Waals surface area (Å²) in [7, 11) is 1.53. The number of carbonyl (C=O) groups is 2. The molecule has 1 aliphatic carbocycles. The van der Waals surface area contributed by atoms with Gasteiger partial charge in [-0.2, -0.15) is 0 Å². The number of carboxylic acids is 1. The number of amides is 2. The molecule has 0 aromatic carbocycles. The van der Waals surface area contributed by atoms with E-state index < -0.39 is 5.97 Å². The van der Waals surface area contributed by atoms with Gasteiger partial charge in [-0.05, 0) is 24.7 Å². The van der Waals surface area contributed by atoms with E-state index in [0.29, 0.717) is 18.4 Å². The second kappa shape index (κ2) is 8.87. The lowest BCUT2D eigenvalue weighted by Crippen LogP contribution is -2.51. The summed E-state index contributed by atoms with van der Waals surface area (Å²) in [6.45, 7) is 4.67. The third kappa shape index (κ3) is 5.91. The molecule has 21 heavy (non-hydrogen) atoms. The predicted octanol–water partition coefficient (Wildman–Crippen LogP) is 1.94. The van der Waals surface area contributed by atoms with Gasteiger partial charge in [0.2, 0.25) is 0 Å². The topological polar surface area (TPSA) is 78.9 Å².